The third-order valence-corrected chi connectivity index (χ3v) is 4.65. The van der Waals surface area contributed by atoms with Gasteiger partial charge in [0.15, 0.2) is 0 Å². The molecule has 1 saturated carbocycles. The van der Waals surface area contributed by atoms with Gasteiger partial charge in [-0.3, -0.25) is 9.59 Å². The summed E-state index contributed by atoms with van der Waals surface area (Å²) in [5, 5.41) is 15.4. The smallest absolute Gasteiger partial charge is 0.251 e. The van der Waals surface area contributed by atoms with Crippen LogP contribution in [0, 0.1) is 5.92 Å². The summed E-state index contributed by atoms with van der Waals surface area (Å²) in [6, 6.07) is 8.79. The lowest BCUT2D eigenvalue weighted by Crippen LogP contribution is -2.44. The van der Waals surface area contributed by atoms with Crippen LogP contribution in [0.15, 0.2) is 30.3 Å². The van der Waals surface area contributed by atoms with Crippen LogP contribution >= 0.6 is 0 Å². The molecule has 0 saturated heterocycles. The molecule has 0 spiro atoms. The molecule has 24 heavy (non-hydrogen) atoms. The molecule has 132 valence electrons. The maximum atomic E-state index is 12.3. The zero-order valence-electron chi connectivity index (χ0n) is 14.3. The fourth-order valence-corrected chi connectivity index (χ4v) is 3.28. The predicted molar refractivity (Wildman–Crippen MR) is 93.6 cm³/mol. The number of carbonyl (C=O) groups excluding carboxylic acids is 2. The quantitative estimate of drug-likeness (QED) is 0.699. The van der Waals surface area contributed by atoms with Crippen LogP contribution in [-0.4, -0.2) is 35.6 Å². The highest BCUT2D eigenvalue weighted by Gasteiger charge is 2.25. The third kappa shape index (κ3) is 5.64. The molecule has 0 bridgehead atoms. The van der Waals surface area contributed by atoms with Gasteiger partial charge in [-0.05, 0) is 31.9 Å². The molecular weight excluding hydrogens is 304 g/mol. The second-order valence-corrected chi connectivity index (χ2v) is 6.70. The van der Waals surface area contributed by atoms with Gasteiger partial charge >= 0.3 is 0 Å². The Morgan fingerprint density at radius 1 is 1.17 bits per heavy atom. The molecular formula is C19H28N2O3. The second-order valence-electron chi connectivity index (χ2n) is 6.70. The van der Waals surface area contributed by atoms with Crippen LogP contribution < -0.4 is 10.6 Å². The topological polar surface area (TPSA) is 78.4 Å². The van der Waals surface area contributed by atoms with Crippen LogP contribution in [0.2, 0.25) is 0 Å². The first kappa shape index (κ1) is 18.5. The number of aliphatic hydroxyl groups excluding tert-OH is 1. The number of hydrogen-bond donors (Lipinski definition) is 3. The molecule has 1 aromatic rings. The minimum Gasteiger partial charge on any atom is -0.396 e. The maximum absolute atomic E-state index is 12.3. The molecule has 0 aromatic heterocycles. The van der Waals surface area contributed by atoms with Crippen LogP contribution in [0.1, 0.15) is 55.8 Å². The standard InChI is InChI=1S/C19H28N2O3/c1-14(20-19(24)15-8-4-2-5-9-15)12-18(23)21-17-11-7-3-6-10-16(17)13-22/h2,4-5,8-9,14,16-17,22H,3,6-7,10-13H2,1H3,(H,20,24)(H,21,23). The Hall–Kier alpha value is -1.88. The summed E-state index contributed by atoms with van der Waals surface area (Å²) in [5.74, 6) is -0.0921. The van der Waals surface area contributed by atoms with Gasteiger partial charge in [-0.2, -0.15) is 0 Å². The lowest BCUT2D eigenvalue weighted by atomic mass is 9.95. The Morgan fingerprint density at radius 2 is 1.88 bits per heavy atom. The van der Waals surface area contributed by atoms with Gasteiger partial charge in [0.25, 0.3) is 5.91 Å². The number of rotatable bonds is 6. The van der Waals surface area contributed by atoms with Crippen LogP contribution in [0.25, 0.3) is 0 Å². The summed E-state index contributed by atoms with van der Waals surface area (Å²) >= 11 is 0. The Balaban J connectivity index is 1.81. The number of carbonyl (C=O) groups is 2. The van der Waals surface area contributed by atoms with Gasteiger partial charge in [-0.25, -0.2) is 0 Å². The largest absolute Gasteiger partial charge is 0.396 e. The zero-order chi connectivity index (χ0) is 17.4. The molecule has 3 unspecified atom stereocenters. The Kier molecular flexibility index (Phi) is 7.25. The molecule has 2 amide bonds. The van der Waals surface area contributed by atoms with Gasteiger partial charge < -0.3 is 15.7 Å². The molecule has 1 aliphatic rings. The molecule has 5 heteroatoms. The lowest BCUT2D eigenvalue weighted by Gasteiger charge is -2.25. The molecule has 2 rings (SSSR count). The van der Waals surface area contributed by atoms with E-state index < -0.39 is 0 Å². The second kappa shape index (κ2) is 9.42. The van der Waals surface area contributed by atoms with Crippen molar-refractivity contribution in [2.24, 2.45) is 5.92 Å². The highest BCUT2D eigenvalue weighted by atomic mass is 16.3. The normalized spacial score (nSPS) is 22.2. The van der Waals surface area contributed by atoms with E-state index in [-0.39, 0.29) is 42.8 Å². The van der Waals surface area contributed by atoms with Crippen molar-refractivity contribution in [1.29, 1.82) is 0 Å². The highest BCUT2D eigenvalue weighted by Crippen LogP contribution is 2.23. The number of nitrogens with one attached hydrogen (secondary N) is 2. The molecule has 1 fully saturated rings. The van der Waals surface area contributed by atoms with Crippen molar-refractivity contribution in [2.75, 3.05) is 6.61 Å². The SMILES string of the molecule is CC(CC(=O)NC1CCCCCC1CO)NC(=O)c1ccccc1. The van der Waals surface area contributed by atoms with E-state index in [0.717, 1.165) is 32.1 Å². The molecule has 1 aromatic carbocycles. The number of amides is 2. The maximum Gasteiger partial charge on any atom is 0.251 e. The van der Waals surface area contributed by atoms with Gasteiger partial charge in [-0.15, -0.1) is 0 Å². The van der Waals surface area contributed by atoms with Gasteiger partial charge in [-0.1, -0.05) is 37.5 Å². The lowest BCUT2D eigenvalue weighted by molar-refractivity contribution is -0.122. The van der Waals surface area contributed by atoms with E-state index in [0.29, 0.717) is 5.56 Å². The van der Waals surface area contributed by atoms with Gasteiger partial charge in [0, 0.05) is 36.6 Å². The number of benzene rings is 1. The summed E-state index contributed by atoms with van der Waals surface area (Å²) in [4.78, 5) is 24.4. The van der Waals surface area contributed by atoms with E-state index in [1.165, 1.54) is 0 Å². The Labute approximate surface area is 143 Å². The summed E-state index contributed by atoms with van der Waals surface area (Å²) in [6.07, 6.45) is 5.48. The summed E-state index contributed by atoms with van der Waals surface area (Å²) in [6.45, 7) is 1.95. The average molecular weight is 332 g/mol. The van der Waals surface area contributed by atoms with Crippen molar-refractivity contribution in [3.05, 3.63) is 35.9 Å². The van der Waals surface area contributed by atoms with Crippen LogP contribution in [0.5, 0.6) is 0 Å². The Morgan fingerprint density at radius 3 is 2.58 bits per heavy atom. The molecule has 3 atom stereocenters. The van der Waals surface area contributed by atoms with Gasteiger partial charge in [0.05, 0.1) is 0 Å². The molecule has 1 aliphatic carbocycles. The van der Waals surface area contributed by atoms with Gasteiger partial charge in [0.1, 0.15) is 0 Å². The molecule has 5 nitrogen and oxygen atoms in total. The number of hydrogen-bond acceptors (Lipinski definition) is 3. The fraction of sp³-hybridized carbons (Fsp3) is 0.579. The van der Waals surface area contributed by atoms with E-state index in [1.54, 1.807) is 12.1 Å². The van der Waals surface area contributed by atoms with E-state index in [4.69, 9.17) is 0 Å². The molecule has 0 aliphatic heterocycles. The predicted octanol–water partition coefficient (Wildman–Crippen LogP) is 2.25. The Bertz CT molecular complexity index is 533. The third-order valence-electron chi connectivity index (χ3n) is 4.65. The van der Waals surface area contributed by atoms with Crippen molar-refractivity contribution >= 4 is 11.8 Å². The first-order valence-corrected chi connectivity index (χ1v) is 8.86. The molecule has 0 heterocycles. The highest BCUT2D eigenvalue weighted by molar-refractivity contribution is 5.94. The van der Waals surface area contributed by atoms with E-state index in [9.17, 15) is 14.7 Å². The van der Waals surface area contributed by atoms with E-state index in [1.807, 2.05) is 25.1 Å². The van der Waals surface area contributed by atoms with Crippen molar-refractivity contribution in [3.8, 4) is 0 Å². The minimum atomic E-state index is -0.240. The minimum absolute atomic E-state index is 0.0435. The zero-order valence-corrected chi connectivity index (χ0v) is 14.3. The van der Waals surface area contributed by atoms with Crippen molar-refractivity contribution in [2.45, 2.75) is 57.5 Å². The first-order chi connectivity index (χ1) is 11.6. The van der Waals surface area contributed by atoms with Crippen molar-refractivity contribution in [1.82, 2.24) is 10.6 Å². The molecule has 3 N–H and O–H groups in total. The monoisotopic (exact) mass is 332 g/mol. The number of aliphatic hydroxyl groups is 1. The van der Waals surface area contributed by atoms with Crippen molar-refractivity contribution in [3.63, 3.8) is 0 Å². The van der Waals surface area contributed by atoms with Crippen LogP contribution in [-0.2, 0) is 4.79 Å². The van der Waals surface area contributed by atoms with Crippen LogP contribution in [0.3, 0.4) is 0 Å². The fourth-order valence-electron chi connectivity index (χ4n) is 3.28. The summed E-state index contributed by atoms with van der Waals surface area (Å²) in [7, 11) is 0. The summed E-state index contributed by atoms with van der Waals surface area (Å²) < 4.78 is 0. The first-order valence-electron chi connectivity index (χ1n) is 8.86. The van der Waals surface area contributed by atoms with E-state index in [2.05, 4.69) is 10.6 Å². The summed E-state index contributed by atoms with van der Waals surface area (Å²) in [5.41, 5.74) is 0.592. The van der Waals surface area contributed by atoms with Crippen LogP contribution in [0.4, 0.5) is 0 Å². The van der Waals surface area contributed by atoms with Crippen molar-refractivity contribution < 1.29 is 14.7 Å². The van der Waals surface area contributed by atoms with Gasteiger partial charge in [0.2, 0.25) is 5.91 Å². The van der Waals surface area contributed by atoms with E-state index >= 15 is 0 Å². The average Bonchev–Trinajstić information content (AvgIpc) is 2.80. The molecule has 0 radical (unpaired) electrons.